The molecule has 0 aliphatic carbocycles. The van der Waals surface area contributed by atoms with Crippen LogP contribution in [0.3, 0.4) is 0 Å². The van der Waals surface area contributed by atoms with Crippen LogP contribution in [0.2, 0.25) is 0 Å². The summed E-state index contributed by atoms with van der Waals surface area (Å²) in [5, 5.41) is 8.82. The van der Waals surface area contributed by atoms with Crippen molar-refractivity contribution in [3.63, 3.8) is 0 Å². The average Bonchev–Trinajstić information content (AvgIpc) is 3.54. The quantitative estimate of drug-likeness (QED) is 0.0588. The summed E-state index contributed by atoms with van der Waals surface area (Å²) >= 11 is 2.81. The number of esters is 1. The minimum Gasteiger partial charge on any atom is -0.462 e. The van der Waals surface area contributed by atoms with Gasteiger partial charge in [0, 0.05) is 40.7 Å². The van der Waals surface area contributed by atoms with E-state index < -0.39 is 23.0 Å². The molecule has 1 unspecified atom stereocenters. The maximum absolute atomic E-state index is 13.9. The summed E-state index contributed by atoms with van der Waals surface area (Å²) in [7, 11) is 0. The molecule has 1 aliphatic heterocycles. The van der Waals surface area contributed by atoms with Crippen molar-refractivity contribution in [2.75, 3.05) is 23.8 Å². The van der Waals surface area contributed by atoms with Gasteiger partial charge in [-0.25, -0.2) is 4.79 Å². The fourth-order valence-electron chi connectivity index (χ4n) is 6.33. The number of anilines is 2. The second-order valence-electron chi connectivity index (χ2n) is 13.2. The molecule has 2 heterocycles. The van der Waals surface area contributed by atoms with E-state index in [1.807, 2.05) is 74.5 Å². The minimum absolute atomic E-state index is 0.0857. The van der Waals surface area contributed by atoms with Gasteiger partial charge in [-0.3, -0.25) is 19.3 Å². The molecule has 55 heavy (non-hydrogen) atoms. The summed E-state index contributed by atoms with van der Waals surface area (Å²) in [5.41, 5.74) is 5.42. The monoisotopic (exact) mass is 772 g/mol. The van der Waals surface area contributed by atoms with Crippen molar-refractivity contribution >= 4 is 63.6 Å². The van der Waals surface area contributed by atoms with Crippen LogP contribution in [0.1, 0.15) is 68.1 Å². The van der Waals surface area contributed by atoms with E-state index in [0.29, 0.717) is 41.2 Å². The lowest BCUT2D eigenvalue weighted by atomic mass is 10.0. The highest BCUT2D eigenvalue weighted by molar-refractivity contribution is 8.00. The summed E-state index contributed by atoms with van der Waals surface area (Å²) in [6.45, 7) is 8.18. The largest absolute Gasteiger partial charge is 0.462 e. The van der Waals surface area contributed by atoms with Crippen molar-refractivity contribution in [3.8, 4) is 0 Å². The summed E-state index contributed by atoms with van der Waals surface area (Å²) in [6.07, 6.45) is 2.85. The number of benzene rings is 4. The molecule has 4 aromatic carbocycles. The molecule has 0 saturated heterocycles. The first kappa shape index (κ1) is 39.2. The average molecular weight is 773 g/mol. The molecule has 6 rings (SSSR count). The number of rotatable bonds is 14. The number of nitrogens with zero attached hydrogens (tertiary/aromatic N) is 1. The van der Waals surface area contributed by atoms with Gasteiger partial charge in [0.1, 0.15) is 10.7 Å². The van der Waals surface area contributed by atoms with E-state index in [1.165, 1.54) is 28.7 Å². The third-order valence-corrected chi connectivity index (χ3v) is 11.5. The molecule has 3 N–H and O–H groups in total. The van der Waals surface area contributed by atoms with Gasteiger partial charge in [-0.2, -0.15) is 0 Å². The smallest absolute Gasteiger partial charge is 0.341 e. The van der Waals surface area contributed by atoms with Crippen LogP contribution in [0.25, 0.3) is 6.08 Å². The van der Waals surface area contributed by atoms with E-state index in [0.717, 1.165) is 39.6 Å². The van der Waals surface area contributed by atoms with Crippen molar-refractivity contribution in [1.29, 1.82) is 0 Å². The van der Waals surface area contributed by atoms with Gasteiger partial charge >= 0.3 is 5.97 Å². The highest BCUT2D eigenvalue weighted by atomic mass is 32.2. The minimum atomic E-state index is -0.492. The van der Waals surface area contributed by atoms with Crippen LogP contribution in [-0.2, 0) is 33.8 Å². The lowest BCUT2D eigenvalue weighted by Crippen LogP contribution is -2.30. The van der Waals surface area contributed by atoms with Crippen LogP contribution in [0, 0.1) is 6.92 Å². The highest BCUT2D eigenvalue weighted by Gasteiger charge is 2.31. The lowest BCUT2D eigenvalue weighted by molar-refractivity contribution is -0.116. The first-order valence-electron chi connectivity index (χ1n) is 18.3. The number of nitrogens with one attached hydrogen (secondary N) is 3. The summed E-state index contributed by atoms with van der Waals surface area (Å²) in [5.74, 6) is -1.54. The van der Waals surface area contributed by atoms with Crippen LogP contribution in [0.4, 0.5) is 10.7 Å². The topological polar surface area (TPSA) is 117 Å². The number of thioether (sulfide) groups is 1. The predicted molar refractivity (Wildman–Crippen MR) is 221 cm³/mol. The molecular formula is C44H44N4O5S2. The molecule has 0 spiro atoms. The molecular weight excluding hydrogens is 729 g/mol. The van der Waals surface area contributed by atoms with Crippen molar-refractivity contribution in [2.24, 2.45) is 0 Å². The van der Waals surface area contributed by atoms with Crippen LogP contribution >= 0.6 is 23.1 Å². The zero-order valence-electron chi connectivity index (χ0n) is 31.1. The molecule has 5 aromatic rings. The van der Waals surface area contributed by atoms with Gasteiger partial charge in [0.15, 0.2) is 0 Å². The molecule has 0 bridgehead atoms. The molecule has 3 amide bonds. The second-order valence-corrected chi connectivity index (χ2v) is 15.5. The first-order chi connectivity index (χ1) is 26.7. The van der Waals surface area contributed by atoms with E-state index in [4.69, 9.17) is 4.74 Å². The Balaban J connectivity index is 1.16. The molecule has 0 radical (unpaired) electrons. The van der Waals surface area contributed by atoms with Crippen molar-refractivity contribution in [3.05, 3.63) is 153 Å². The fourth-order valence-corrected chi connectivity index (χ4v) is 8.63. The van der Waals surface area contributed by atoms with Gasteiger partial charge in [0.25, 0.3) is 11.8 Å². The molecule has 9 nitrogen and oxygen atoms in total. The van der Waals surface area contributed by atoms with Gasteiger partial charge in [0.2, 0.25) is 5.91 Å². The Morgan fingerprint density at radius 2 is 1.64 bits per heavy atom. The third-order valence-electron chi connectivity index (χ3n) is 9.02. The van der Waals surface area contributed by atoms with E-state index in [2.05, 4.69) is 33.0 Å². The van der Waals surface area contributed by atoms with Crippen molar-refractivity contribution in [1.82, 2.24) is 10.2 Å². The molecule has 1 aliphatic rings. The zero-order chi connectivity index (χ0) is 38.7. The van der Waals surface area contributed by atoms with Gasteiger partial charge in [-0.15, -0.1) is 23.1 Å². The molecule has 0 fully saturated rings. The Morgan fingerprint density at radius 3 is 2.36 bits per heavy atom. The van der Waals surface area contributed by atoms with Gasteiger partial charge in [-0.1, -0.05) is 91.3 Å². The Kier molecular flexibility index (Phi) is 13.3. The number of carbonyl (C=O) groups excluding carboxylic acids is 4. The van der Waals surface area contributed by atoms with Crippen LogP contribution in [0.5, 0.6) is 0 Å². The summed E-state index contributed by atoms with van der Waals surface area (Å²) in [4.78, 5) is 58.1. The Bertz CT molecular complexity index is 2180. The number of aryl methyl sites for hydroxylation is 1. The normalized spacial score (nSPS) is 13.3. The number of hydrogen-bond donors (Lipinski definition) is 3. The van der Waals surface area contributed by atoms with Crippen molar-refractivity contribution < 1.29 is 23.9 Å². The molecule has 1 atom stereocenters. The van der Waals surface area contributed by atoms with Gasteiger partial charge in [-0.05, 0) is 79.8 Å². The number of hydrogen-bond acceptors (Lipinski definition) is 8. The Labute approximate surface area is 330 Å². The molecule has 282 valence electrons. The first-order valence-corrected chi connectivity index (χ1v) is 20.0. The van der Waals surface area contributed by atoms with Crippen LogP contribution < -0.4 is 16.0 Å². The number of carbonyl (C=O) groups is 4. The molecule has 0 saturated carbocycles. The van der Waals surface area contributed by atoms with Gasteiger partial charge in [0.05, 0.1) is 17.4 Å². The molecule has 11 heteroatoms. The predicted octanol–water partition coefficient (Wildman–Crippen LogP) is 8.71. The Hall–Kier alpha value is -5.49. The number of ether oxygens (including phenoxy) is 1. The SMILES string of the molecule is CCOC(=O)c1c(NC(=O)C(CC)Sc2cccc(NC(=O)/C(=C\c3cccc(C)c3)NC(=O)c3ccccc3)c2)sc2c1CCN(Cc1ccccc1)C2. The number of amides is 3. The number of thiophene rings is 1. The van der Waals surface area contributed by atoms with E-state index >= 15 is 0 Å². The van der Waals surface area contributed by atoms with Gasteiger partial charge < -0.3 is 20.7 Å². The number of fused-ring (bicyclic) bond motifs is 1. The molecule has 1 aromatic heterocycles. The van der Waals surface area contributed by atoms with E-state index in [-0.39, 0.29) is 18.2 Å². The van der Waals surface area contributed by atoms with Crippen LogP contribution in [0.15, 0.2) is 120 Å². The zero-order valence-corrected chi connectivity index (χ0v) is 32.7. The van der Waals surface area contributed by atoms with E-state index in [9.17, 15) is 19.2 Å². The maximum atomic E-state index is 13.9. The lowest BCUT2D eigenvalue weighted by Gasteiger charge is -2.27. The summed E-state index contributed by atoms with van der Waals surface area (Å²) in [6, 6.07) is 33.9. The van der Waals surface area contributed by atoms with Crippen molar-refractivity contribution in [2.45, 2.75) is 56.8 Å². The fraction of sp³-hybridized carbons (Fsp3) is 0.227. The highest BCUT2D eigenvalue weighted by Crippen LogP contribution is 2.39. The summed E-state index contributed by atoms with van der Waals surface area (Å²) < 4.78 is 5.46. The standard InChI is InChI=1S/C44H44N4O5S2/c1-4-37(42(51)47-43-39(44(52)53-5-2)35-22-23-48(28-38(35)55-43)27-30-15-8-6-9-16-30)54-34-21-13-20-33(26-34)45-41(50)36(25-31-17-12-14-29(3)24-31)46-40(49)32-18-10-7-11-19-32/h6-21,24-26,37H,4-5,22-23,27-28H2,1-3H3,(H,45,50)(H,46,49)(H,47,51)/b36-25+. The van der Waals surface area contributed by atoms with Crippen LogP contribution in [-0.4, -0.2) is 47.0 Å². The Morgan fingerprint density at radius 1 is 0.891 bits per heavy atom. The second kappa shape index (κ2) is 18.7. The maximum Gasteiger partial charge on any atom is 0.341 e. The third kappa shape index (κ3) is 10.4. The van der Waals surface area contributed by atoms with E-state index in [1.54, 1.807) is 49.4 Å².